The number of unbranched alkanes of at least 4 members (excludes halogenated alkanes) is 2. The average molecular weight is 1090 g/mol. The van der Waals surface area contributed by atoms with Crippen LogP contribution in [0.4, 0.5) is 0 Å². The van der Waals surface area contributed by atoms with Crippen molar-refractivity contribution in [2.45, 2.75) is 199 Å². The Kier molecular flexibility index (Phi) is 47.1. The first-order valence-corrected chi connectivity index (χ1v) is 28.8. The van der Waals surface area contributed by atoms with E-state index in [-0.39, 0.29) is 19.3 Å². The number of aliphatic hydroxyl groups is 2. The molecule has 0 amide bonds. The molecule has 1 heterocycles. The standard InChI is InChI=1S/C67H96O12/c1-4-7-10-13-16-19-22-25-28-29-30-31-34-35-38-41-44-47-50-53-59(68)75-56-58(77-60(69)54-51-48-45-42-39-36-32-26-23-20-17-14-11-8-5-2)57-76-67-65(63(72)62(71)64(79-67)66(73)74)78-61(70)55-52-49-46-43-40-37-33-27-24-21-18-15-12-9-6-3/h7-12,16-21,25-28,30-33,35,38-40,42-44,47,49,52,58,62-65,67,71-72H,4-6,13-15,22-24,29,34,36-37,41,45-46,48,50-51,53-57H2,1-3H3,(H,73,74)/b10-7-,11-8-,12-9-,19-16-,20-17-,21-18-,28-25-,31-30-,32-26-,33-27-,38-35-,42-39-,43-40-,47-44-,52-49-. The summed E-state index contributed by atoms with van der Waals surface area (Å²) >= 11 is 0. The monoisotopic (exact) mass is 1090 g/mol. The van der Waals surface area contributed by atoms with Crippen LogP contribution in [0.15, 0.2) is 182 Å². The molecule has 0 radical (unpaired) electrons. The molecule has 1 aliphatic heterocycles. The largest absolute Gasteiger partial charge is 0.479 e. The van der Waals surface area contributed by atoms with E-state index in [1.807, 2.05) is 24.3 Å². The molecule has 12 nitrogen and oxygen atoms in total. The van der Waals surface area contributed by atoms with Crippen LogP contribution in [0.25, 0.3) is 0 Å². The molecule has 0 aromatic heterocycles. The van der Waals surface area contributed by atoms with E-state index in [2.05, 4.69) is 167 Å². The van der Waals surface area contributed by atoms with Crippen molar-refractivity contribution in [3.05, 3.63) is 182 Å². The van der Waals surface area contributed by atoms with Crippen molar-refractivity contribution in [1.29, 1.82) is 0 Å². The van der Waals surface area contributed by atoms with E-state index >= 15 is 0 Å². The van der Waals surface area contributed by atoms with Crippen LogP contribution in [0.1, 0.15) is 162 Å². The third-order valence-electron chi connectivity index (χ3n) is 11.5. The number of esters is 3. The van der Waals surface area contributed by atoms with Gasteiger partial charge in [0.05, 0.1) is 13.0 Å². The van der Waals surface area contributed by atoms with Crippen LogP contribution < -0.4 is 0 Å². The van der Waals surface area contributed by atoms with E-state index in [0.717, 1.165) is 96.3 Å². The Hall–Kier alpha value is -6.18. The number of hydrogen-bond acceptors (Lipinski definition) is 11. The van der Waals surface area contributed by atoms with Gasteiger partial charge >= 0.3 is 23.9 Å². The minimum atomic E-state index is -1.96. The van der Waals surface area contributed by atoms with Crippen molar-refractivity contribution in [2.75, 3.05) is 13.2 Å². The summed E-state index contributed by atoms with van der Waals surface area (Å²) < 4.78 is 28.1. The summed E-state index contributed by atoms with van der Waals surface area (Å²) in [5.41, 5.74) is 0. The molecular weight excluding hydrogens is 997 g/mol. The SMILES string of the molecule is CC/C=C\C/C=C\C/C=C\C/C=C\C/C=C\C/C=C\CCC(=O)OCC(COC1OC(C(=O)O)C(O)C(O)C1OC(=O)C/C=C\C/C=C\C/C=C\C/C=C\C/C=C\CC)OC(=O)CCCC/C=C\C/C=C\C/C=C\C/C=C\CC. The number of rotatable bonds is 45. The number of carbonyl (C=O) groups excluding carboxylic acids is 3. The number of carbonyl (C=O) groups is 4. The third-order valence-corrected chi connectivity index (χ3v) is 11.5. The summed E-state index contributed by atoms with van der Waals surface area (Å²) in [5.74, 6) is -3.49. The van der Waals surface area contributed by atoms with Crippen molar-refractivity contribution >= 4 is 23.9 Å². The van der Waals surface area contributed by atoms with Gasteiger partial charge in [0, 0.05) is 12.8 Å². The van der Waals surface area contributed by atoms with Gasteiger partial charge in [0.1, 0.15) is 18.8 Å². The molecule has 0 aromatic carbocycles. The van der Waals surface area contributed by atoms with Crippen LogP contribution in [-0.2, 0) is 42.9 Å². The maximum atomic E-state index is 13.1. The van der Waals surface area contributed by atoms with E-state index in [9.17, 15) is 34.5 Å². The minimum absolute atomic E-state index is 0.0625. The number of allylic oxidation sites excluding steroid dienone is 29. The Morgan fingerprint density at radius 2 is 0.810 bits per heavy atom. The summed E-state index contributed by atoms with van der Waals surface area (Å²) in [4.78, 5) is 51.0. The fourth-order valence-corrected chi connectivity index (χ4v) is 7.22. The van der Waals surface area contributed by atoms with Crippen LogP contribution in [0.5, 0.6) is 0 Å². The summed E-state index contributed by atoms with van der Waals surface area (Å²) in [7, 11) is 0. The number of carboxylic acid groups (broad SMARTS) is 1. The highest BCUT2D eigenvalue weighted by Gasteiger charge is 2.50. The first kappa shape index (κ1) is 70.8. The highest BCUT2D eigenvalue weighted by atomic mass is 16.7. The Balaban J connectivity index is 2.84. The predicted octanol–water partition coefficient (Wildman–Crippen LogP) is 14.9. The molecule has 6 unspecified atom stereocenters. The Labute approximate surface area is 474 Å². The molecule has 0 aliphatic carbocycles. The predicted molar refractivity (Wildman–Crippen MR) is 321 cm³/mol. The lowest BCUT2D eigenvalue weighted by atomic mass is 9.98. The number of hydrogen-bond donors (Lipinski definition) is 3. The lowest BCUT2D eigenvalue weighted by molar-refractivity contribution is -0.301. The van der Waals surface area contributed by atoms with Crippen molar-refractivity contribution in [1.82, 2.24) is 0 Å². The molecular formula is C67H96O12. The fraction of sp³-hybridized carbons (Fsp3) is 0.493. The first-order chi connectivity index (χ1) is 38.6. The normalized spacial score (nSPS) is 19.2. The molecule has 0 bridgehead atoms. The highest BCUT2D eigenvalue weighted by molar-refractivity contribution is 5.74. The molecule has 1 rings (SSSR count). The Morgan fingerprint density at radius 1 is 0.430 bits per heavy atom. The molecule has 1 saturated heterocycles. The summed E-state index contributed by atoms with van der Waals surface area (Å²) in [6.07, 6.45) is 67.6. The van der Waals surface area contributed by atoms with Crippen LogP contribution in [-0.4, -0.2) is 89.2 Å². The maximum absolute atomic E-state index is 13.1. The van der Waals surface area contributed by atoms with Gasteiger partial charge in [-0.25, -0.2) is 4.79 Å². The molecule has 0 aromatic rings. The maximum Gasteiger partial charge on any atom is 0.335 e. The van der Waals surface area contributed by atoms with Crippen LogP contribution >= 0.6 is 0 Å². The van der Waals surface area contributed by atoms with Crippen molar-refractivity contribution < 1.29 is 58.2 Å². The van der Waals surface area contributed by atoms with Gasteiger partial charge in [-0.3, -0.25) is 14.4 Å². The number of carboxylic acids is 1. The van der Waals surface area contributed by atoms with Gasteiger partial charge in [0.25, 0.3) is 0 Å². The van der Waals surface area contributed by atoms with E-state index in [1.165, 1.54) is 0 Å². The van der Waals surface area contributed by atoms with Gasteiger partial charge in [-0.05, 0) is 122 Å². The molecule has 436 valence electrons. The van der Waals surface area contributed by atoms with Gasteiger partial charge in [0.15, 0.2) is 24.6 Å². The van der Waals surface area contributed by atoms with Crippen LogP contribution in [0.3, 0.4) is 0 Å². The van der Waals surface area contributed by atoms with E-state index in [0.29, 0.717) is 25.7 Å². The van der Waals surface area contributed by atoms with E-state index in [4.69, 9.17) is 23.7 Å². The highest BCUT2D eigenvalue weighted by Crippen LogP contribution is 2.26. The second-order valence-corrected chi connectivity index (χ2v) is 18.4. The summed E-state index contributed by atoms with van der Waals surface area (Å²) in [5, 5.41) is 31.4. The molecule has 0 spiro atoms. The third kappa shape index (κ3) is 42.4. The fourth-order valence-electron chi connectivity index (χ4n) is 7.22. The van der Waals surface area contributed by atoms with Crippen molar-refractivity contribution in [3.63, 3.8) is 0 Å². The zero-order valence-corrected chi connectivity index (χ0v) is 47.8. The number of aliphatic hydroxyl groups excluding tert-OH is 2. The lowest BCUT2D eigenvalue weighted by Crippen LogP contribution is -2.61. The topological polar surface area (TPSA) is 175 Å². The van der Waals surface area contributed by atoms with Crippen LogP contribution in [0, 0.1) is 0 Å². The van der Waals surface area contributed by atoms with Crippen molar-refractivity contribution in [2.24, 2.45) is 0 Å². The smallest absolute Gasteiger partial charge is 0.335 e. The lowest BCUT2D eigenvalue weighted by Gasteiger charge is -2.40. The molecule has 79 heavy (non-hydrogen) atoms. The van der Waals surface area contributed by atoms with Gasteiger partial charge in [-0.2, -0.15) is 0 Å². The van der Waals surface area contributed by atoms with Gasteiger partial charge < -0.3 is 39.0 Å². The van der Waals surface area contributed by atoms with E-state index in [1.54, 1.807) is 12.2 Å². The summed E-state index contributed by atoms with van der Waals surface area (Å²) in [6, 6.07) is 0. The summed E-state index contributed by atoms with van der Waals surface area (Å²) in [6.45, 7) is 5.47. The molecule has 3 N–H and O–H groups in total. The molecule has 1 aliphatic rings. The van der Waals surface area contributed by atoms with Crippen molar-refractivity contribution in [3.8, 4) is 0 Å². The quantitative estimate of drug-likeness (QED) is 0.0228. The second kappa shape index (κ2) is 52.5. The zero-order chi connectivity index (χ0) is 57.5. The second-order valence-electron chi connectivity index (χ2n) is 18.4. The minimum Gasteiger partial charge on any atom is -0.479 e. The van der Waals surface area contributed by atoms with Gasteiger partial charge in [-0.1, -0.05) is 203 Å². The van der Waals surface area contributed by atoms with Gasteiger partial charge in [0.2, 0.25) is 0 Å². The Bertz CT molecular complexity index is 2070. The average Bonchev–Trinajstić information content (AvgIpc) is 3.46. The molecule has 12 heteroatoms. The Morgan fingerprint density at radius 3 is 1.22 bits per heavy atom. The molecule has 6 atom stereocenters. The first-order valence-electron chi connectivity index (χ1n) is 28.8. The van der Waals surface area contributed by atoms with Gasteiger partial charge in [-0.15, -0.1) is 0 Å². The zero-order valence-electron chi connectivity index (χ0n) is 47.8. The number of aliphatic carboxylic acids is 1. The van der Waals surface area contributed by atoms with E-state index < -0.39 is 73.9 Å². The molecule has 0 saturated carbocycles. The van der Waals surface area contributed by atoms with Crippen LogP contribution in [0.2, 0.25) is 0 Å². The number of ether oxygens (including phenoxy) is 5. The molecule has 1 fully saturated rings.